The van der Waals surface area contributed by atoms with Crippen molar-refractivity contribution >= 4 is 5.91 Å². The van der Waals surface area contributed by atoms with E-state index in [4.69, 9.17) is 4.74 Å². The molecule has 0 bridgehead atoms. The molecule has 1 aromatic rings. The molecule has 0 aromatic heterocycles. The molecule has 0 spiro atoms. The van der Waals surface area contributed by atoms with Crippen LogP contribution in [-0.4, -0.2) is 24.7 Å². The number of nitrogens with one attached hydrogen (secondary N) is 1. The van der Waals surface area contributed by atoms with Crippen molar-refractivity contribution in [3.8, 4) is 5.75 Å². The van der Waals surface area contributed by atoms with E-state index < -0.39 is 0 Å². The van der Waals surface area contributed by atoms with E-state index in [1.807, 2.05) is 0 Å². The molecule has 1 aromatic carbocycles. The molecule has 0 fully saturated rings. The fourth-order valence-electron chi connectivity index (χ4n) is 1.87. The number of rotatable bonds is 8. The second-order valence-corrected chi connectivity index (χ2v) is 4.60. The molecule has 1 amide bonds. The van der Waals surface area contributed by atoms with Crippen LogP contribution in [0.5, 0.6) is 5.75 Å². The van der Waals surface area contributed by atoms with Crippen molar-refractivity contribution < 1.29 is 14.6 Å². The Morgan fingerprint density at radius 3 is 2.79 bits per heavy atom. The number of methoxy groups -OCH3 is 1. The number of benzene rings is 1. The molecule has 0 saturated heterocycles. The minimum atomic E-state index is -0.230. The van der Waals surface area contributed by atoms with Crippen molar-refractivity contribution in [2.45, 2.75) is 39.2 Å². The van der Waals surface area contributed by atoms with Gasteiger partial charge in [0.25, 0.3) is 5.91 Å². The molecule has 0 unspecified atom stereocenters. The smallest absolute Gasteiger partial charge is 0.255 e. The highest BCUT2D eigenvalue weighted by Crippen LogP contribution is 2.18. The molecular weight excluding hydrogens is 242 g/mol. The first kappa shape index (κ1) is 15.5. The number of hydrogen-bond donors (Lipinski definition) is 2. The van der Waals surface area contributed by atoms with Gasteiger partial charge in [0.1, 0.15) is 5.75 Å². The van der Waals surface area contributed by atoms with Gasteiger partial charge in [0.05, 0.1) is 12.2 Å². The molecule has 2 N–H and O–H groups in total. The van der Waals surface area contributed by atoms with Gasteiger partial charge in [0.15, 0.2) is 0 Å². The molecular formula is C15H23NO3. The zero-order valence-corrected chi connectivity index (χ0v) is 11.7. The topological polar surface area (TPSA) is 58.6 Å². The van der Waals surface area contributed by atoms with Crippen molar-refractivity contribution in [2.75, 3.05) is 13.7 Å². The largest absolute Gasteiger partial charge is 0.507 e. The van der Waals surface area contributed by atoms with E-state index in [0.29, 0.717) is 18.7 Å². The van der Waals surface area contributed by atoms with Crippen LogP contribution in [0.15, 0.2) is 18.2 Å². The zero-order chi connectivity index (χ0) is 14.1. The molecule has 1 rings (SSSR count). The fraction of sp³-hybridized carbons (Fsp3) is 0.533. The third-order valence-electron chi connectivity index (χ3n) is 2.93. The molecule has 0 heterocycles. The normalized spacial score (nSPS) is 10.4. The number of carbonyl (C=O) groups excluding carboxylic acids is 1. The second kappa shape index (κ2) is 8.53. The molecule has 106 valence electrons. The monoisotopic (exact) mass is 265 g/mol. The summed E-state index contributed by atoms with van der Waals surface area (Å²) in [5.41, 5.74) is 1.18. The average Bonchev–Trinajstić information content (AvgIpc) is 2.41. The summed E-state index contributed by atoms with van der Waals surface area (Å²) in [6, 6.07) is 4.94. The summed E-state index contributed by atoms with van der Waals surface area (Å²) in [5.74, 6) is -0.224. The van der Waals surface area contributed by atoms with Gasteiger partial charge in [0, 0.05) is 13.7 Å². The third kappa shape index (κ3) is 5.30. The van der Waals surface area contributed by atoms with E-state index in [-0.39, 0.29) is 11.7 Å². The first-order valence-corrected chi connectivity index (χ1v) is 6.78. The Labute approximate surface area is 114 Å². The predicted molar refractivity (Wildman–Crippen MR) is 75.3 cm³/mol. The van der Waals surface area contributed by atoms with Crippen molar-refractivity contribution in [1.29, 1.82) is 0 Å². The number of aromatic hydroxyl groups is 1. The molecule has 19 heavy (non-hydrogen) atoms. The van der Waals surface area contributed by atoms with E-state index >= 15 is 0 Å². The number of unbranched alkanes of at least 4 members (excludes halogenated alkanes) is 3. The summed E-state index contributed by atoms with van der Waals surface area (Å²) in [6.07, 6.45) is 4.45. The van der Waals surface area contributed by atoms with Gasteiger partial charge in [-0.1, -0.05) is 32.3 Å². The Kier molecular flexibility index (Phi) is 6.97. The van der Waals surface area contributed by atoms with Gasteiger partial charge in [-0.2, -0.15) is 0 Å². The summed E-state index contributed by atoms with van der Waals surface area (Å²) in [7, 11) is 1.60. The maximum Gasteiger partial charge on any atom is 0.255 e. The van der Waals surface area contributed by atoms with Crippen LogP contribution in [0.2, 0.25) is 0 Å². The van der Waals surface area contributed by atoms with E-state index in [9.17, 15) is 9.90 Å². The van der Waals surface area contributed by atoms with Gasteiger partial charge in [-0.25, -0.2) is 0 Å². The van der Waals surface area contributed by atoms with Crippen molar-refractivity contribution in [2.24, 2.45) is 0 Å². The van der Waals surface area contributed by atoms with Gasteiger partial charge < -0.3 is 15.2 Å². The molecule has 4 nitrogen and oxygen atoms in total. The minimum absolute atomic E-state index is 0.00547. The number of amides is 1. The molecule has 0 aliphatic heterocycles. The maximum atomic E-state index is 11.9. The van der Waals surface area contributed by atoms with Gasteiger partial charge in [-0.15, -0.1) is 0 Å². The Balaban J connectivity index is 2.53. The van der Waals surface area contributed by atoms with Crippen molar-refractivity contribution in [3.63, 3.8) is 0 Å². The minimum Gasteiger partial charge on any atom is -0.507 e. The summed E-state index contributed by atoms with van der Waals surface area (Å²) < 4.78 is 5.01. The van der Waals surface area contributed by atoms with Crippen LogP contribution in [0.1, 0.15) is 48.5 Å². The first-order chi connectivity index (χ1) is 9.19. The lowest BCUT2D eigenvalue weighted by atomic mass is 10.1. The van der Waals surface area contributed by atoms with Crippen molar-refractivity contribution in [3.05, 3.63) is 29.3 Å². The van der Waals surface area contributed by atoms with E-state index in [2.05, 4.69) is 12.2 Å². The summed E-state index contributed by atoms with van der Waals surface area (Å²) in [5, 5.41) is 12.5. The van der Waals surface area contributed by atoms with Crippen LogP contribution in [0, 0.1) is 0 Å². The third-order valence-corrected chi connectivity index (χ3v) is 2.93. The van der Waals surface area contributed by atoms with E-state index in [0.717, 1.165) is 18.4 Å². The lowest BCUT2D eigenvalue weighted by molar-refractivity contribution is 0.0950. The predicted octanol–water partition coefficient (Wildman–Crippen LogP) is 2.85. The van der Waals surface area contributed by atoms with Crippen LogP contribution >= 0.6 is 0 Å². The number of ether oxygens (including phenoxy) is 1. The quantitative estimate of drug-likeness (QED) is 0.711. The van der Waals surface area contributed by atoms with Gasteiger partial charge in [-0.05, 0) is 24.1 Å². The fourth-order valence-corrected chi connectivity index (χ4v) is 1.87. The molecule has 0 aliphatic carbocycles. The van der Waals surface area contributed by atoms with E-state index in [1.54, 1.807) is 19.2 Å². The lowest BCUT2D eigenvalue weighted by Gasteiger charge is -2.08. The highest BCUT2D eigenvalue weighted by Gasteiger charge is 2.11. The van der Waals surface area contributed by atoms with Crippen molar-refractivity contribution in [1.82, 2.24) is 5.32 Å². The zero-order valence-electron chi connectivity index (χ0n) is 11.7. The molecule has 0 atom stereocenters. The number of phenols is 1. The molecule has 0 radical (unpaired) electrons. The van der Waals surface area contributed by atoms with Gasteiger partial charge in [-0.3, -0.25) is 4.79 Å². The van der Waals surface area contributed by atoms with Gasteiger partial charge in [0.2, 0.25) is 0 Å². The Morgan fingerprint density at radius 1 is 1.32 bits per heavy atom. The summed E-state index contributed by atoms with van der Waals surface area (Å²) in [4.78, 5) is 11.9. The number of carbonyl (C=O) groups is 1. The molecule has 0 saturated carbocycles. The van der Waals surface area contributed by atoms with Crippen LogP contribution in [0.4, 0.5) is 0 Å². The first-order valence-electron chi connectivity index (χ1n) is 6.78. The number of phenolic OH excluding ortho intramolecular Hbond substituents is 1. The molecule has 0 aliphatic rings. The number of hydrogen-bond acceptors (Lipinski definition) is 3. The van der Waals surface area contributed by atoms with E-state index in [1.165, 1.54) is 18.9 Å². The SMILES string of the molecule is CCCCCCNC(=O)c1cc(COC)ccc1O. The average molecular weight is 265 g/mol. The Bertz CT molecular complexity index is 404. The second-order valence-electron chi connectivity index (χ2n) is 4.60. The summed E-state index contributed by atoms with van der Waals surface area (Å²) in [6.45, 7) is 3.22. The Hall–Kier alpha value is -1.55. The lowest BCUT2D eigenvalue weighted by Crippen LogP contribution is -2.24. The van der Waals surface area contributed by atoms with Gasteiger partial charge >= 0.3 is 0 Å². The standard InChI is InChI=1S/C15H23NO3/c1-3-4-5-6-9-16-15(18)13-10-12(11-19-2)7-8-14(13)17/h7-8,10,17H,3-6,9,11H2,1-2H3,(H,16,18). The maximum absolute atomic E-state index is 11.9. The highest BCUT2D eigenvalue weighted by atomic mass is 16.5. The van der Waals surface area contributed by atoms with Crippen LogP contribution < -0.4 is 5.32 Å². The van der Waals surface area contributed by atoms with Crippen LogP contribution in [0.25, 0.3) is 0 Å². The summed E-state index contributed by atoms with van der Waals surface area (Å²) >= 11 is 0. The van der Waals surface area contributed by atoms with Crippen LogP contribution in [0.3, 0.4) is 0 Å². The molecule has 4 heteroatoms. The van der Waals surface area contributed by atoms with Crippen LogP contribution in [-0.2, 0) is 11.3 Å². The Morgan fingerprint density at radius 2 is 2.11 bits per heavy atom. The highest BCUT2D eigenvalue weighted by molar-refractivity contribution is 5.96.